The third-order valence-electron chi connectivity index (χ3n) is 3.94. The molecule has 4 aromatic rings. The Balaban J connectivity index is 1.84. The van der Waals surface area contributed by atoms with Crippen LogP contribution < -0.4 is 19.6 Å². The van der Waals surface area contributed by atoms with E-state index >= 15 is 0 Å². The van der Waals surface area contributed by atoms with Crippen LogP contribution in [0, 0.1) is 0 Å². The highest BCUT2D eigenvalue weighted by molar-refractivity contribution is 7.15. The zero-order valence-corrected chi connectivity index (χ0v) is 15.0. The number of benzene rings is 2. The Morgan fingerprint density at radius 3 is 2.58 bits per heavy atom. The first kappa shape index (κ1) is 16.3. The van der Waals surface area contributed by atoms with Gasteiger partial charge in [0, 0.05) is 11.1 Å². The van der Waals surface area contributed by atoms with Crippen LogP contribution in [0.5, 0.6) is 11.5 Å². The number of hydrogen-bond donors (Lipinski definition) is 0. The van der Waals surface area contributed by atoms with Gasteiger partial charge in [-0.3, -0.25) is 4.79 Å². The van der Waals surface area contributed by atoms with Gasteiger partial charge in [-0.15, -0.1) is 5.10 Å². The van der Waals surface area contributed by atoms with E-state index < -0.39 is 0 Å². The van der Waals surface area contributed by atoms with Gasteiger partial charge in [-0.1, -0.05) is 41.7 Å². The van der Waals surface area contributed by atoms with Crippen molar-refractivity contribution in [3.8, 4) is 22.9 Å². The van der Waals surface area contributed by atoms with E-state index in [-0.39, 0.29) is 5.56 Å². The lowest BCUT2D eigenvalue weighted by Crippen LogP contribution is -2.23. The molecule has 0 atom stereocenters. The number of hydrogen-bond acceptors (Lipinski definition) is 6. The van der Waals surface area contributed by atoms with Crippen molar-refractivity contribution in [3.05, 3.63) is 69.0 Å². The Hall–Kier alpha value is -3.19. The Bertz CT molecular complexity index is 1180. The molecule has 4 rings (SSSR count). The number of fused-ring (bicyclic) bond motifs is 1. The van der Waals surface area contributed by atoms with Gasteiger partial charge in [0.05, 0.1) is 18.8 Å². The minimum Gasteiger partial charge on any atom is -0.497 e. The fourth-order valence-corrected chi connectivity index (χ4v) is 3.54. The zero-order valence-electron chi connectivity index (χ0n) is 14.2. The summed E-state index contributed by atoms with van der Waals surface area (Å²) in [6, 6.07) is 15.0. The van der Waals surface area contributed by atoms with Gasteiger partial charge in [-0.25, -0.2) is 0 Å². The maximum absolute atomic E-state index is 12.7. The molecule has 0 aliphatic heterocycles. The molecule has 0 N–H and O–H groups in total. The smallest absolute Gasteiger partial charge is 0.291 e. The standard InChI is InChI=1S/C19H15N3O3S/c1-24-14-8-9-15(25-2)13(10-14)11-16-18(23)22-19(26-16)20-17(21-22)12-6-4-3-5-7-12/h3-11H,1-2H3. The van der Waals surface area contributed by atoms with Gasteiger partial charge in [-0.2, -0.15) is 9.50 Å². The first-order chi connectivity index (χ1) is 12.7. The molecule has 7 heteroatoms. The minimum atomic E-state index is -0.204. The number of methoxy groups -OCH3 is 2. The summed E-state index contributed by atoms with van der Waals surface area (Å²) in [5, 5.41) is 4.35. The number of nitrogens with zero attached hydrogens (tertiary/aromatic N) is 3. The van der Waals surface area contributed by atoms with Crippen molar-refractivity contribution >= 4 is 22.4 Å². The van der Waals surface area contributed by atoms with E-state index in [4.69, 9.17) is 9.47 Å². The maximum atomic E-state index is 12.7. The molecule has 0 amide bonds. The summed E-state index contributed by atoms with van der Waals surface area (Å²) in [6.45, 7) is 0. The molecule has 26 heavy (non-hydrogen) atoms. The second-order valence-corrected chi connectivity index (χ2v) is 6.53. The molecule has 6 nitrogen and oxygen atoms in total. The lowest BCUT2D eigenvalue weighted by molar-refractivity contribution is 0.402. The van der Waals surface area contributed by atoms with E-state index in [1.807, 2.05) is 42.5 Å². The molecular weight excluding hydrogens is 350 g/mol. The summed E-state index contributed by atoms with van der Waals surface area (Å²) in [7, 11) is 3.19. The summed E-state index contributed by atoms with van der Waals surface area (Å²) >= 11 is 1.29. The predicted octanol–water partition coefficient (Wildman–Crippen LogP) is 2.38. The van der Waals surface area contributed by atoms with Gasteiger partial charge in [0.15, 0.2) is 5.82 Å². The fraction of sp³-hybridized carbons (Fsp3) is 0.105. The van der Waals surface area contributed by atoms with E-state index in [1.165, 1.54) is 15.9 Å². The Kier molecular flexibility index (Phi) is 4.14. The quantitative estimate of drug-likeness (QED) is 0.556. The molecule has 0 fully saturated rings. The van der Waals surface area contributed by atoms with Crippen LogP contribution in [0.15, 0.2) is 53.3 Å². The van der Waals surface area contributed by atoms with Crippen LogP contribution >= 0.6 is 11.3 Å². The highest BCUT2D eigenvalue weighted by atomic mass is 32.1. The molecule has 0 bridgehead atoms. The van der Waals surface area contributed by atoms with Crippen LogP contribution in [0.2, 0.25) is 0 Å². The maximum Gasteiger partial charge on any atom is 0.291 e. The van der Waals surface area contributed by atoms with Gasteiger partial charge < -0.3 is 9.47 Å². The Morgan fingerprint density at radius 2 is 1.88 bits per heavy atom. The SMILES string of the molecule is COc1ccc(OC)c(C=c2sc3nc(-c4ccccc4)nn3c2=O)c1. The van der Waals surface area contributed by atoms with Gasteiger partial charge in [0.25, 0.3) is 5.56 Å². The third kappa shape index (κ3) is 2.82. The molecule has 0 unspecified atom stereocenters. The van der Waals surface area contributed by atoms with Crippen LogP contribution in [0.1, 0.15) is 5.56 Å². The topological polar surface area (TPSA) is 65.7 Å². The summed E-state index contributed by atoms with van der Waals surface area (Å²) in [6.07, 6.45) is 1.77. The van der Waals surface area contributed by atoms with Crippen LogP contribution in [0.25, 0.3) is 22.4 Å². The van der Waals surface area contributed by atoms with Crippen LogP contribution in [-0.2, 0) is 0 Å². The predicted molar refractivity (Wildman–Crippen MR) is 101 cm³/mol. The Labute approximate surface area is 153 Å². The van der Waals surface area contributed by atoms with Crippen molar-refractivity contribution in [3.63, 3.8) is 0 Å². The van der Waals surface area contributed by atoms with Crippen molar-refractivity contribution < 1.29 is 9.47 Å². The summed E-state index contributed by atoms with van der Waals surface area (Å²) in [5.74, 6) is 1.89. The molecule has 0 aliphatic carbocycles. The van der Waals surface area contributed by atoms with E-state index in [0.717, 1.165) is 11.1 Å². The average molecular weight is 365 g/mol. The largest absolute Gasteiger partial charge is 0.497 e. The lowest BCUT2D eigenvalue weighted by atomic mass is 10.2. The van der Waals surface area contributed by atoms with Crippen molar-refractivity contribution in [1.82, 2.24) is 14.6 Å². The van der Waals surface area contributed by atoms with Gasteiger partial charge in [-0.05, 0) is 24.3 Å². The number of rotatable bonds is 4. The summed E-state index contributed by atoms with van der Waals surface area (Å²) < 4.78 is 12.5. The van der Waals surface area contributed by atoms with Crippen molar-refractivity contribution in [2.45, 2.75) is 0 Å². The minimum absolute atomic E-state index is 0.204. The number of thiazole rings is 1. The lowest BCUT2D eigenvalue weighted by Gasteiger charge is -2.06. The molecule has 0 radical (unpaired) electrons. The fourth-order valence-electron chi connectivity index (χ4n) is 2.64. The van der Waals surface area contributed by atoms with Gasteiger partial charge >= 0.3 is 0 Å². The average Bonchev–Trinajstić information content (AvgIpc) is 3.22. The van der Waals surface area contributed by atoms with Crippen LogP contribution in [-0.4, -0.2) is 28.8 Å². The molecule has 0 saturated heterocycles. The first-order valence-corrected chi connectivity index (χ1v) is 8.70. The molecule has 0 saturated carbocycles. The normalized spacial score (nSPS) is 11.8. The van der Waals surface area contributed by atoms with Crippen molar-refractivity contribution in [2.24, 2.45) is 0 Å². The monoisotopic (exact) mass is 365 g/mol. The van der Waals surface area contributed by atoms with Crippen LogP contribution in [0.4, 0.5) is 0 Å². The van der Waals surface area contributed by atoms with E-state index in [1.54, 1.807) is 26.4 Å². The van der Waals surface area contributed by atoms with E-state index in [2.05, 4.69) is 10.1 Å². The Morgan fingerprint density at radius 1 is 1.08 bits per heavy atom. The van der Waals surface area contributed by atoms with Crippen molar-refractivity contribution in [2.75, 3.05) is 14.2 Å². The highest BCUT2D eigenvalue weighted by Crippen LogP contribution is 2.24. The molecule has 0 aliphatic rings. The third-order valence-corrected chi connectivity index (χ3v) is 4.90. The van der Waals surface area contributed by atoms with Crippen molar-refractivity contribution in [1.29, 1.82) is 0 Å². The molecule has 0 spiro atoms. The van der Waals surface area contributed by atoms with Gasteiger partial charge in [0.1, 0.15) is 11.5 Å². The summed E-state index contributed by atoms with van der Waals surface area (Å²) in [5.41, 5.74) is 1.43. The van der Waals surface area contributed by atoms with E-state index in [0.29, 0.717) is 26.8 Å². The zero-order chi connectivity index (χ0) is 18.1. The summed E-state index contributed by atoms with van der Waals surface area (Å²) in [4.78, 5) is 17.7. The number of aromatic nitrogens is 3. The highest BCUT2D eigenvalue weighted by Gasteiger charge is 2.12. The molecule has 2 aromatic carbocycles. The second-order valence-electron chi connectivity index (χ2n) is 5.52. The molecule has 130 valence electrons. The molecular formula is C19H15N3O3S. The first-order valence-electron chi connectivity index (χ1n) is 7.88. The van der Waals surface area contributed by atoms with Crippen LogP contribution in [0.3, 0.4) is 0 Å². The van der Waals surface area contributed by atoms with Gasteiger partial charge in [0.2, 0.25) is 4.96 Å². The molecule has 2 heterocycles. The molecule has 2 aromatic heterocycles. The second kappa shape index (κ2) is 6.61. The van der Waals surface area contributed by atoms with E-state index in [9.17, 15) is 4.79 Å². The number of ether oxygens (including phenoxy) is 2.